The molecule has 0 aliphatic heterocycles. The summed E-state index contributed by atoms with van der Waals surface area (Å²) in [7, 11) is 3.86. The second-order valence-electron chi connectivity index (χ2n) is 4.44. The van der Waals surface area contributed by atoms with Gasteiger partial charge >= 0.3 is 0 Å². The molecule has 0 radical (unpaired) electrons. The first-order valence-electron chi connectivity index (χ1n) is 5.46. The number of aromatic nitrogens is 2. The van der Waals surface area contributed by atoms with Crippen molar-refractivity contribution in [3.63, 3.8) is 0 Å². The lowest BCUT2D eigenvalue weighted by molar-refractivity contribution is 0.464. The quantitative estimate of drug-likeness (QED) is 0.832. The maximum atomic E-state index is 13.7. The van der Waals surface area contributed by atoms with E-state index in [1.807, 2.05) is 31.1 Å². The van der Waals surface area contributed by atoms with Crippen LogP contribution in [-0.2, 0) is 5.54 Å². The summed E-state index contributed by atoms with van der Waals surface area (Å²) >= 11 is 5.68. The van der Waals surface area contributed by atoms with E-state index in [-0.39, 0.29) is 11.0 Å². The van der Waals surface area contributed by atoms with E-state index in [0.29, 0.717) is 6.42 Å². The third-order valence-electron chi connectivity index (χ3n) is 2.87. The van der Waals surface area contributed by atoms with Crippen LogP contribution in [0.15, 0.2) is 30.1 Å². The minimum Gasteiger partial charge on any atom is -0.378 e. The molecule has 0 spiro atoms. The van der Waals surface area contributed by atoms with Gasteiger partial charge in [-0.15, -0.1) is 0 Å². The fourth-order valence-electron chi connectivity index (χ4n) is 1.82. The van der Waals surface area contributed by atoms with Gasteiger partial charge in [-0.25, -0.2) is 14.4 Å². The van der Waals surface area contributed by atoms with E-state index in [0.717, 1.165) is 11.9 Å². The normalized spacial score (nSPS) is 22.8. The molecule has 1 aromatic heterocycles. The van der Waals surface area contributed by atoms with E-state index in [2.05, 4.69) is 9.97 Å². The predicted molar refractivity (Wildman–Crippen MR) is 68.4 cm³/mol. The molecule has 0 saturated carbocycles. The van der Waals surface area contributed by atoms with E-state index in [1.54, 1.807) is 6.08 Å². The Morgan fingerprint density at radius 1 is 1.50 bits per heavy atom. The molecule has 6 heteroatoms. The third-order valence-corrected chi connectivity index (χ3v) is 3.05. The number of hydrogen-bond donors (Lipinski definition) is 1. The molecular weight excluding hydrogens is 255 g/mol. The summed E-state index contributed by atoms with van der Waals surface area (Å²) in [5, 5.41) is -0.00740. The van der Waals surface area contributed by atoms with Crippen molar-refractivity contribution >= 4 is 11.6 Å². The Labute approximate surface area is 110 Å². The molecular formula is C12H14ClFN4. The molecule has 18 heavy (non-hydrogen) atoms. The molecule has 2 N–H and O–H groups in total. The first kappa shape index (κ1) is 13.0. The highest BCUT2D eigenvalue weighted by atomic mass is 35.5. The molecule has 1 aliphatic carbocycles. The van der Waals surface area contributed by atoms with Crippen molar-refractivity contribution in [3.05, 3.63) is 46.9 Å². The Kier molecular flexibility index (Phi) is 3.36. The zero-order chi connectivity index (χ0) is 13.3. The van der Waals surface area contributed by atoms with E-state index in [1.165, 1.54) is 0 Å². The summed E-state index contributed by atoms with van der Waals surface area (Å²) in [6.45, 7) is 0. The van der Waals surface area contributed by atoms with Crippen LogP contribution >= 0.6 is 11.6 Å². The molecule has 0 saturated heterocycles. The molecule has 2 rings (SSSR count). The van der Waals surface area contributed by atoms with Gasteiger partial charge < -0.3 is 10.6 Å². The van der Waals surface area contributed by atoms with Crippen molar-refractivity contribution in [1.82, 2.24) is 14.9 Å². The predicted octanol–water partition coefficient (Wildman–Crippen LogP) is 1.83. The first-order valence-corrected chi connectivity index (χ1v) is 5.84. The Balaban J connectivity index is 2.35. The molecule has 1 heterocycles. The highest BCUT2D eigenvalue weighted by molar-refractivity contribution is 6.28. The van der Waals surface area contributed by atoms with E-state index in [4.69, 9.17) is 17.3 Å². The number of nitrogens with zero attached hydrogens (tertiary/aromatic N) is 3. The second-order valence-corrected chi connectivity index (χ2v) is 4.77. The maximum absolute atomic E-state index is 13.7. The van der Waals surface area contributed by atoms with E-state index < -0.39 is 11.4 Å². The van der Waals surface area contributed by atoms with Gasteiger partial charge in [0.2, 0.25) is 5.28 Å². The van der Waals surface area contributed by atoms with Crippen LogP contribution in [0, 0.1) is 5.82 Å². The van der Waals surface area contributed by atoms with Crippen LogP contribution in [0.4, 0.5) is 4.39 Å². The Hall–Kier alpha value is -1.46. The first-order chi connectivity index (χ1) is 8.42. The zero-order valence-electron chi connectivity index (χ0n) is 10.2. The lowest BCUT2D eigenvalue weighted by atomic mass is 9.87. The zero-order valence-corrected chi connectivity index (χ0v) is 10.9. The van der Waals surface area contributed by atoms with Crippen LogP contribution in [0.25, 0.3) is 0 Å². The molecule has 0 amide bonds. The smallest absolute Gasteiger partial charge is 0.222 e. The van der Waals surface area contributed by atoms with E-state index >= 15 is 0 Å². The van der Waals surface area contributed by atoms with Crippen molar-refractivity contribution in [2.75, 3.05) is 14.1 Å². The number of halogens is 2. The van der Waals surface area contributed by atoms with Crippen LogP contribution in [-0.4, -0.2) is 29.0 Å². The van der Waals surface area contributed by atoms with Gasteiger partial charge in [0.15, 0.2) is 5.82 Å². The summed E-state index contributed by atoms with van der Waals surface area (Å²) in [5.41, 5.74) is 6.34. The van der Waals surface area contributed by atoms with Crippen LogP contribution in [0.3, 0.4) is 0 Å². The minimum atomic E-state index is -0.976. The summed E-state index contributed by atoms with van der Waals surface area (Å²) in [5.74, 6) is -0.548. The van der Waals surface area contributed by atoms with Gasteiger partial charge in [-0.2, -0.15) is 0 Å². The highest BCUT2D eigenvalue weighted by Crippen LogP contribution is 2.30. The lowest BCUT2D eigenvalue weighted by Gasteiger charge is -2.29. The molecule has 0 aromatic carbocycles. The van der Waals surface area contributed by atoms with Crippen molar-refractivity contribution in [2.24, 2.45) is 5.73 Å². The number of nitrogens with two attached hydrogens (primary N) is 1. The fourth-order valence-corrected chi connectivity index (χ4v) is 1.96. The van der Waals surface area contributed by atoms with Crippen molar-refractivity contribution < 1.29 is 4.39 Å². The van der Waals surface area contributed by atoms with Crippen LogP contribution in [0.2, 0.25) is 5.28 Å². The Morgan fingerprint density at radius 2 is 2.22 bits per heavy atom. The summed E-state index contributed by atoms with van der Waals surface area (Å²) < 4.78 is 13.7. The number of allylic oxidation sites excluding steroid dienone is 1. The topological polar surface area (TPSA) is 55.0 Å². The Morgan fingerprint density at radius 3 is 2.78 bits per heavy atom. The molecule has 1 unspecified atom stereocenters. The largest absolute Gasteiger partial charge is 0.378 e. The molecule has 0 bridgehead atoms. The molecule has 1 atom stereocenters. The van der Waals surface area contributed by atoms with E-state index in [9.17, 15) is 4.39 Å². The number of rotatable bonds is 2. The van der Waals surface area contributed by atoms with Crippen LogP contribution in [0.1, 0.15) is 12.1 Å². The van der Waals surface area contributed by atoms with Gasteiger partial charge in [-0.3, -0.25) is 0 Å². The molecule has 1 aromatic rings. The van der Waals surface area contributed by atoms with Gasteiger partial charge in [0, 0.05) is 19.8 Å². The van der Waals surface area contributed by atoms with Crippen molar-refractivity contribution in [1.29, 1.82) is 0 Å². The number of likely N-dealkylation sites (N-methyl/N-ethyl adjacent to an activating group) is 1. The van der Waals surface area contributed by atoms with Gasteiger partial charge in [-0.05, 0) is 24.1 Å². The average Bonchev–Trinajstić information content (AvgIpc) is 2.32. The molecule has 96 valence electrons. The third kappa shape index (κ3) is 2.37. The van der Waals surface area contributed by atoms with Gasteiger partial charge in [0.25, 0.3) is 0 Å². The lowest BCUT2D eigenvalue weighted by Crippen LogP contribution is -2.38. The molecule has 4 nitrogen and oxygen atoms in total. The minimum absolute atomic E-state index is 0.00740. The van der Waals surface area contributed by atoms with Crippen LogP contribution < -0.4 is 5.73 Å². The van der Waals surface area contributed by atoms with Gasteiger partial charge in [0.05, 0.1) is 11.7 Å². The van der Waals surface area contributed by atoms with Crippen LogP contribution in [0.5, 0.6) is 0 Å². The maximum Gasteiger partial charge on any atom is 0.222 e. The summed E-state index contributed by atoms with van der Waals surface area (Å²) in [6, 6.07) is 0. The van der Waals surface area contributed by atoms with Gasteiger partial charge in [-0.1, -0.05) is 12.2 Å². The molecule has 0 fully saturated rings. The summed E-state index contributed by atoms with van der Waals surface area (Å²) in [6.07, 6.45) is 7.03. The number of hydrogen-bond acceptors (Lipinski definition) is 4. The summed E-state index contributed by atoms with van der Waals surface area (Å²) in [4.78, 5) is 9.44. The van der Waals surface area contributed by atoms with Gasteiger partial charge in [0.1, 0.15) is 5.69 Å². The standard InChI is InChI=1S/C12H14ClFN4/c1-18(2)8-3-5-12(15,6-4-8)10-9(14)7-16-11(13)17-10/h3-5,7H,6,15H2,1-2H3. The Bertz CT molecular complexity index is 527. The molecule has 1 aliphatic rings. The second kappa shape index (κ2) is 4.66. The van der Waals surface area contributed by atoms with Crippen molar-refractivity contribution in [2.45, 2.75) is 12.0 Å². The van der Waals surface area contributed by atoms with Crippen molar-refractivity contribution in [3.8, 4) is 0 Å². The average molecular weight is 269 g/mol. The highest BCUT2D eigenvalue weighted by Gasteiger charge is 2.31. The monoisotopic (exact) mass is 268 g/mol. The fraction of sp³-hybridized carbons (Fsp3) is 0.333. The SMILES string of the molecule is CN(C)C1=CCC(N)(c2nc(Cl)ncc2F)C=C1.